The summed E-state index contributed by atoms with van der Waals surface area (Å²) >= 11 is 0. The van der Waals surface area contributed by atoms with Crippen LogP contribution in [-0.2, 0) is 16.1 Å². The minimum absolute atomic E-state index is 0.110. The number of nitrogens with zero attached hydrogens (tertiary/aromatic N) is 3. The second kappa shape index (κ2) is 8.76. The van der Waals surface area contributed by atoms with Gasteiger partial charge in [-0.2, -0.15) is 0 Å². The maximum atomic E-state index is 13.0. The van der Waals surface area contributed by atoms with Crippen LogP contribution in [0.4, 0.5) is 10.6 Å². The molecule has 0 spiro atoms. The van der Waals surface area contributed by atoms with Crippen LogP contribution < -0.4 is 20.3 Å². The van der Waals surface area contributed by atoms with Crippen LogP contribution in [0.2, 0.25) is 0 Å². The number of imide groups is 1. The van der Waals surface area contributed by atoms with Crippen molar-refractivity contribution < 1.29 is 23.9 Å². The van der Waals surface area contributed by atoms with Gasteiger partial charge >= 0.3 is 6.03 Å². The lowest BCUT2D eigenvalue weighted by Gasteiger charge is -2.27. The van der Waals surface area contributed by atoms with Crippen LogP contribution in [-0.4, -0.2) is 65.8 Å². The molecule has 5 rings (SSSR count). The highest BCUT2D eigenvalue weighted by Gasteiger charge is 2.48. The molecule has 3 aliphatic heterocycles. The second-order valence-corrected chi connectivity index (χ2v) is 8.68. The topological polar surface area (TPSA) is 121 Å². The van der Waals surface area contributed by atoms with E-state index in [1.165, 1.54) is 12.0 Å². The number of ether oxygens (including phenoxy) is 1. The first-order valence-corrected chi connectivity index (χ1v) is 11.2. The summed E-state index contributed by atoms with van der Waals surface area (Å²) in [6.45, 7) is 1.44. The Balaban J connectivity index is 1.37. The van der Waals surface area contributed by atoms with E-state index >= 15 is 0 Å². The largest absolute Gasteiger partial charge is 0.497 e. The van der Waals surface area contributed by atoms with E-state index in [4.69, 9.17) is 4.74 Å². The summed E-state index contributed by atoms with van der Waals surface area (Å²) in [6.07, 6.45) is 2.60. The quantitative estimate of drug-likeness (QED) is 0.499. The molecule has 1 unspecified atom stereocenters. The van der Waals surface area contributed by atoms with Gasteiger partial charge in [0.05, 0.1) is 13.7 Å². The molecule has 0 bridgehead atoms. The third kappa shape index (κ3) is 4.28. The summed E-state index contributed by atoms with van der Waals surface area (Å²) in [5.74, 6) is 6.50. The van der Waals surface area contributed by atoms with Crippen molar-refractivity contribution in [2.75, 3.05) is 31.6 Å². The number of carbonyl (C=O) groups is 4. The molecule has 1 atom stereocenters. The maximum absolute atomic E-state index is 13.0. The van der Waals surface area contributed by atoms with Crippen molar-refractivity contribution in [1.29, 1.82) is 0 Å². The molecule has 2 fully saturated rings. The van der Waals surface area contributed by atoms with Crippen LogP contribution in [0.15, 0.2) is 36.5 Å². The number of rotatable bonds is 4. The van der Waals surface area contributed by atoms with Crippen LogP contribution in [0.25, 0.3) is 0 Å². The molecule has 0 radical (unpaired) electrons. The summed E-state index contributed by atoms with van der Waals surface area (Å²) in [4.78, 5) is 57.2. The Kier molecular flexibility index (Phi) is 5.61. The van der Waals surface area contributed by atoms with Gasteiger partial charge in [0.2, 0.25) is 5.54 Å². The summed E-state index contributed by atoms with van der Waals surface area (Å²) in [6, 6.07) is 8.17. The Morgan fingerprint density at radius 2 is 1.91 bits per heavy atom. The van der Waals surface area contributed by atoms with Crippen molar-refractivity contribution in [3.63, 3.8) is 0 Å². The predicted octanol–water partition coefficient (Wildman–Crippen LogP) is 0.845. The van der Waals surface area contributed by atoms with E-state index in [0.29, 0.717) is 49.4 Å². The molecule has 0 aliphatic carbocycles. The van der Waals surface area contributed by atoms with Crippen molar-refractivity contribution in [2.24, 2.45) is 0 Å². The van der Waals surface area contributed by atoms with Crippen LogP contribution in [0.3, 0.4) is 0 Å². The van der Waals surface area contributed by atoms with E-state index in [0.717, 1.165) is 11.4 Å². The minimum atomic E-state index is -1.59. The minimum Gasteiger partial charge on any atom is -0.497 e. The van der Waals surface area contributed by atoms with Crippen molar-refractivity contribution in [1.82, 2.24) is 20.5 Å². The number of benzene rings is 1. The van der Waals surface area contributed by atoms with Crippen LogP contribution in [0.1, 0.15) is 34.3 Å². The molecular weight excluding hydrogens is 450 g/mol. The number of piperidine rings is 1. The summed E-state index contributed by atoms with van der Waals surface area (Å²) in [5, 5.41) is 4.83. The summed E-state index contributed by atoms with van der Waals surface area (Å²) < 4.78 is 5.21. The molecule has 1 aromatic carbocycles. The summed E-state index contributed by atoms with van der Waals surface area (Å²) in [7, 11) is 1.52. The zero-order valence-corrected chi connectivity index (χ0v) is 19.1. The predicted molar refractivity (Wildman–Crippen MR) is 125 cm³/mol. The van der Waals surface area contributed by atoms with Crippen LogP contribution in [0, 0.1) is 11.8 Å². The Bertz CT molecular complexity index is 1290. The number of pyridine rings is 1. The number of hydrogen-bond acceptors (Lipinski definition) is 7. The van der Waals surface area contributed by atoms with E-state index < -0.39 is 17.5 Å². The second-order valence-electron chi connectivity index (χ2n) is 8.68. The zero-order chi connectivity index (χ0) is 24.6. The molecule has 3 aliphatic rings. The smallest absolute Gasteiger partial charge is 0.323 e. The van der Waals surface area contributed by atoms with Crippen LogP contribution >= 0.6 is 0 Å². The van der Waals surface area contributed by atoms with Gasteiger partial charge in [0.1, 0.15) is 17.4 Å². The lowest BCUT2D eigenvalue weighted by atomic mass is 9.99. The Morgan fingerprint density at radius 3 is 2.57 bits per heavy atom. The number of aromatic nitrogens is 1. The molecule has 1 aromatic heterocycles. The maximum Gasteiger partial charge on any atom is 0.323 e. The number of hydrogen-bond donors (Lipinski definition) is 2. The standard InChI is InChI=1S/C25H23N5O5/c1-35-19-4-3-17-14-30(22(32)20(17)12-19)15-25(23(33)27-24(34)28-25)9-6-16-2-5-21(26-13-16)29-10-7-18(31)8-11-29/h2-5,12-13H,7-8,10-11,14-15H2,1H3,(H2,27,28,33,34). The van der Waals surface area contributed by atoms with E-state index in [2.05, 4.69) is 27.5 Å². The van der Waals surface area contributed by atoms with Gasteiger partial charge in [0, 0.05) is 49.8 Å². The van der Waals surface area contributed by atoms with E-state index in [9.17, 15) is 19.2 Å². The summed E-state index contributed by atoms with van der Waals surface area (Å²) in [5.41, 5.74) is 0.264. The molecule has 10 nitrogen and oxygen atoms in total. The van der Waals surface area contributed by atoms with Crippen molar-refractivity contribution in [2.45, 2.75) is 24.9 Å². The number of fused-ring (bicyclic) bond motifs is 1. The molecular formula is C25H23N5O5. The lowest BCUT2D eigenvalue weighted by Crippen LogP contribution is -2.54. The fourth-order valence-corrected chi connectivity index (χ4v) is 4.42. The van der Waals surface area contributed by atoms with Gasteiger partial charge in [-0.1, -0.05) is 17.9 Å². The first-order valence-electron chi connectivity index (χ1n) is 11.2. The Hall–Kier alpha value is -4.39. The number of nitrogens with one attached hydrogen (secondary N) is 2. The molecule has 10 heteroatoms. The zero-order valence-electron chi connectivity index (χ0n) is 19.1. The Morgan fingerprint density at radius 1 is 1.11 bits per heavy atom. The van der Waals surface area contributed by atoms with Gasteiger partial charge in [-0.3, -0.25) is 19.7 Å². The van der Waals surface area contributed by atoms with Crippen LogP contribution in [0.5, 0.6) is 5.75 Å². The third-order valence-electron chi connectivity index (χ3n) is 6.38. The van der Waals surface area contributed by atoms with E-state index in [-0.39, 0.29) is 18.2 Å². The highest BCUT2D eigenvalue weighted by atomic mass is 16.5. The van der Waals surface area contributed by atoms with Crippen molar-refractivity contribution in [3.05, 3.63) is 53.2 Å². The van der Waals surface area contributed by atoms with Gasteiger partial charge in [0.25, 0.3) is 11.8 Å². The molecule has 178 valence electrons. The molecule has 2 saturated heterocycles. The molecule has 4 heterocycles. The third-order valence-corrected chi connectivity index (χ3v) is 6.38. The van der Waals surface area contributed by atoms with Gasteiger partial charge in [-0.25, -0.2) is 9.78 Å². The number of ketones is 1. The molecule has 0 saturated carbocycles. The van der Waals surface area contributed by atoms with Gasteiger partial charge in [-0.05, 0) is 29.8 Å². The number of methoxy groups -OCH3 is 1. The van der Waals surface area contributed by atoms with Gasteiger partial charge < -0.3 is 19.9 Å². The first-order chi connectivity index (χ1) is 16.9. The van der Waals surface area contributed by atoms with Gasteiger partial charge in [-0.15, -0.1) is 0 Å². The monoisotopic (exact) mass is 473 g/mol. The number of urea groups is 1. The first kappa shape index (κ1) is 22.4. The molecule has 35 heavy (non-hydrogen) atoms. The van der Waals surface area contributed by atoms with E-state index in [1.807, 2.05) is 17.0 Å². The fraction of sp³-hybridized carbons (Fsp3) is 0.320. The van der Waals surface area contributed by atoms with E-state index in [1.54, 1.807) is 24.4 Å². The normalized spacial score (nSPS) is 21.3. The SMILES string of the molecule is COc1ccc2c(c1)C(=O)N(CC1(C#Cc3ccc(N4CCC(=O)CC4)nc3)NC(=O)NC1=O)C2. The molecule has 4 amide bonds. The highest BCUT2D eigenvalue weighted by Crippen LogP contribution is 2.28. The van der Waals surface area contributed by atoms with Crippen molar-refractivity contribution >= 4 is 29.4 Å². The number of amides is 4. The number of Topliss-reactive ketones (excluding diaryl/α,β-unsaturated/α-hetero) is 1. The average Bonchev–Trinajstić information content (AvgIpc) is 3.32. The molecule has 2 aromatic rings. The Labute approximate surface area is 201 Å². The average molecular weight is 473 g/mol. The molecule has 2 N–H and O–H groups in total. The van der Waals surface area contributed by atoms with Crippen molar-refractivity contribution in [3.8, 4) is 17.6 Å². The number of carbonyl (C=O) groups excluding carboxylic acids is 4. The number of anilines is 1. The van der Waals surface area contributed by atoms with Gasteiger partial charge in [0.15, 0.2) is 0 Å². The lowest BCUT2D eigenvalue weighted by molar-refractivity contribution is -0.122. The fourth-order valence-electron chi connectivity index (χ4n) is 4.42. The highest BCUT2D eigenvalue weighted by molar-refractivity contribution is 6.10.